The van der Waals surface area contributed by atoms with E-state index in [0.717, 1.165) is 49.6 Å². The fourth-order valence-electron chi connectivity index (χ4n) is 26.3. The number of rotatable bonds is 4. The Kier molecular flexibility index (Phi) is 1.66. The van der Waals surface area contributed by atoms with Gasteiger partial charge in [0.05, 0.1) is 0 Å². The van der Waals surface area contributed by atoms with Crippen LogP contribution in [0.4, 0.5) is 0 Å². The van der Waals surface area contributed by atoms with Crippen LogP contribution in [0.25, 0.3) is 0 Å². The highest BCUT2D eigenvalue weighted by Gasteiger charge is 3.33. The van der Waals surface area contributed by atoms with Crippen molar-refractivity contribution in [1.29, 1.82) is 0 Å². The third-order valence-electron chi connectivity index (χ3n) is 23.3. The maximum absolute atomic E-state index is 2.81. The molecule has 0 amide bonds. The van der Waals surface area contributed by atoms with E-state index in [0.29, 0.717) is 5.41 Å². The Morgan fingerprint density at radius 2 is 1.21 bits per heavy atom. The Labute approximate surface area is 226 Å². The summed E-state index contributed by atoms with van der Waals surface area (Å²) in [5, 5.41) is 0. The number of hydrogen-bond donors (Lipinski definition) is 0. The molecule has 16 saturated carbocycles. The summed E-state index contributed by atoms with van der Waals surface area (Å²) in [6.07, 6.45) is 7.89. The Morgan fingerprint density at radius 3 is 1.84 bits per heavy atom. The topological polar surface area (TPSA) is 0 Å². The molecular weight excluding hydrogens is 455 g/mol. The predicted octanol–water partition coefficient (Wildman–Crippen LogP) is 5.20. The second kappa shape index (κ2) is 3.65. The fraction of sp³-hybridized carbons (Fsp3) is 0.838. The first-order valence-corrected chi connectivity index (χ1v) is 17.8. The van der Waals surface area contributed by atoms with E-state index in [-0.39, 0.29) is 0 Å². The van der Waals surface area contributed by atoms with Crippen LogP contribution in [0.1, 0.15) is 38.2 Å². The van der Waals surface area contributed by atoms with Crippen molar-refractivity contribution in [1.82, 2.24) is 0 Å². The van der Waals surface area contributed by atoms with E-state index in [1.807, 2.05) is 0 Å². The van der Waals surface area contributed by atoms with Crippen molar-refractivity contribution in [3.8, 4) is 0 Å². The number of benzene rings is 1. The Hall–Kier alpha value is -0.715. The lowest BCUT2D eigenvalue weighted by Gasteiger charge is -3.34. The molecule has 7 spiro atoms. The predicted molar refractivity (Wildman–Crippen MR) is 142 cm³/mol. The molecular formula is C37H37B. The minimum absolute atomic E-state index is 0.714. The summed E-state index contributed by atoms with van der Waals surface area (Å²) in [6, 6.07) is 12.0. The lowest BCUT2D eigenvalue weighted by Crippen LogP contribution is -3.32. The molecule has 0 aromatic heterocycles. The van der Waals surface area contributed by atoms with Crippen LogP contribution in [0.3, 0.4) is 0 Å². The standard InChI is InChI=1S/C37H37B/c1-2-6-14-17-20-23-24-21-18-15-9-13-10-16-19-22-25-26-27-28-29(38)30(14,11-12-7-4-3-5-8-12)32(17,28)34(20,27)36(23,26)37(24,25)35(21,22)33(18,19)31(13,15)16/h3-5,7-8,13-29H,2,6,9-11,38H2,1H3. The van der Waals surface area contributed by atoms with E-state index < -0.39 is 0 Å². The quantitative estimate of drug-likeness (QED) is 0.507. The Morgan fingerprint density at radius 1 is 0.658 bits per heavy atom. The van der Waals surface area contributed by atoms with E-state index in [2.05, 4.69) is 45.1 Å². The van der Waals surface area contributed by atoms with E-state index in [1.54, 1.807) is 24.8 Å². The highest BCUT2D eigenvalue weighted by molar-refractivity contribution is 6.14. The summed E-state index contributed by atoms with van der Waals surface area (Å²) in [6.45, 7) is 2.52. The molecule has 38 heavy (non-hydrogen) atoms. The minimum atomic E-state index is 0.714. The Balaban J connectivity index is 0.889. The average Bonchev–Trinajstić information content (AvgIpc) is 2.84. The molecule has 25 atom stereocenters. The zero-order chi connectivity index (χ0) is 23.5. The molecule has 1 aromatic carbocycles. The minimum Gasteiger partial charge on any atom is -0.0654 e. The van der Waals surface area contributed by atoms with E-state index in [1.165, 1.54) is 102 Å². The highest BCUT2D eigenvalue weighted by atomic mass is 15.4. The zero-order valence-corrected chi connectivity index (χ0v) is 22.7. The third kappa shape index (κ3) is 0.695. The molecule has 0 radical (unpaired) electrons. The zero-order valence-electron chi connectivity index (χ0n) is 22.7. The van der Waals surface area contributed by atoms with Gasteiger partial charge in [-0.1, -0.05) is 49.5 Å². The smallest absolute Gasteiger partial charge is 0.0654 e. The van der Waals surface area contributed by atoms with Crippen LogP contribution in [0.5, 0.6) is 0 Å². The van der Waals surface area contributed by atoms with E-state index in [4.69, 9.17) is 0 Å². The fourth-order valence-corrected chi connectivity index (χ4v) is 26.3. The molecule has 0 bridgehead atoms. The molecule has 188 valence electrons. The highest BCUT2D eigenvalue weighted by Crippen LogP contribution is 3.35. The van der Waals surface area contributed by atoms with Gasteiger partial charge in [-0.05, 0) is 169 Å². The summed E-state index contributed by atoms with van der Waals surface area (Å²) in [5.41, 5.74) is 9.35. The lowest BCUT2D eigenvalue weighted by molar-refractivity contribution is -0.886. The molecule has 16 fully saturated rings. The van der Waals surface area contributed by atoms with Crippen LogP contribution in [-0.4, -0.2) is 7.85 Å². The van der Waals surface area contributed by atoms with Crippen LogP contribution in [0.15, 0.2) is 30.3 Å². The second-order valence-corrected chi connectivity index (χ2v) is 19.7. The van der Waals surface area contributed by atoms with E-state index in [9.17, 15) is 0 Å². The van der Waals surface area contributed by atoms with Gasteiger partial charge in [0.25, 0.3) is 0 Å². The van der Waals surface area contributed by atoms with Gasteiger partial charge in [0.2, 0.25) is 0 Å². The summed E-state index contributed by atoms with van der Waals surface area (Å²) < 4.78 is 0. The number of fused-ring (bicyclic) bond motifs is 12. The van der Waals surface area contributed by atoms with Crippen LogP contribution in [0, 0.1) is 138 Å². The summed E-state index contributed by atoms with van der Waals surface area (Å²) in [7, 11) is 2.81. The molecule has 0 nitrogen and oxygen atoms in total. The van der Waals surface area contributed by atoms with Crippen molar-refractivity contribution in [3.63, 3.8) is 0 Å². The van der Waals surface area contributed by atoms with Crippen molar-refractivity contribution in [2.45, 2.75) is 44.8 Å². The monoisotopic (exact) mass is 492 g/mol. The second-order valence-electron chi connectivity index (χ2n) is 19.7. The van der Waals surface area contributed by atoms with Crippen LogP contribution in [0.2, 0.25) is 5.82 Å². The van der Waals surface area contributed by atoms with Crippen molar-refractivity contribution in [2.24, 2.45) is 138 Å². The molecule has 0 aliphatic heterocycles. The molecule has 1 heteroatoms. The molecule has 16 aliphatic carbocycles. The normalized spacial score (nSPS) is 92.6. The van der Waals surface area contributed by atoms with Gasteiger partial charge in [0.1, 0.15) is 7.85 Å². The average molecular weight is 493 g/mol. The van der Waals surface area contributed by atoms with Crippen LogP contribution < -0.4 is 0 Å². The van der Waals surface area contributed by atoms with Gasteiger partial charge < -0.3 is 0 Å². The third-order valence-corrected chi connectivity index (χ3v) is 23.3. The summed E-state index contributed by atoms with van der Waals surface area (Å²) in [5.74, 6) is 21.3. The molecule has 25 unspecified atom stereocenters. The first-order chi connectivity index (χ1) is 18.7. The van der Waals surface area contributed by atoms with Gasteiger partial charge in [-0.25, -0.2) is 0 Å². The van der Waals surface area contributed by atoms with Gasteiger partial charge in [-0.2, -0.15) is 0 Å². The molecule has 1 aromatic rings. The maximum Gasteiger partial charge on any atom is 0.106 e. The van der Waals surface area contributed by atoms with Gasteiger partial charge in [0, 0.05) is 0 Å². The number of hydrogen-bond acceptors (Lipinski definition) is 0. The lowest BCUT2D eigenvalue weighted by atomic mass is 8.69. The van der Waals surface area contributed by atoms with Gasteiger partial charge in [-0.3, -0.25) is 0 Å². The first-order valence-electron chi connectivity index (χ1n) is 17.8. The van der Waals surface area contributed by atoms with Crippen molar-refractivity contribution in [3.05, 3.63) is 35.9 Å². The van der Waals surface area contributed by atoms with E-state index >= 15 is 0 Å². The molecule has 0 heterocycles. The molecule has 17 rings (SSSR count). The van der Waals surface area contributed by atoms with Crippen molar-refractivity contribution >= 4 is 7.85 Å². The Bertz CT molecular complexity index is 1680. The summed E-state index contributed by atoms with van der Waals surface area (Å²) >= 11 is 0. The van der Waals surface area contributed by atoms with Crippen LogP contribution >= 0.6 is 0 Å². The summed E-state index contributed by atoms with van der Waals surface area (Å²) in [4.78, 5) is 0. The van der Waals surface area contributed by atoms with Gasteiger partial charge in [-0.15, -0.1) is 0 Å². The molecule has 0 saturated heterocycles. The largest absolute Gasteiger partial charge is 0.106 e. The van der Waals surface area contributed by atoms with Gasteiger partial charge >= 0.3 is 0 Å². The van der Waals surface area contributed by atoms with Crippen molar-refractivity contribution in [2.75, 3.05) is 0 Å². The van der Waals surface area contributed by atoms with Crippen LogP contribution in [-0.2, 0) is 6.42 Å². The molecule has 16 aliphatic rings. The van der Waals surface area contributed by atoms with Crippen molar-refractivity contribution < 1.29 is 0 Å². The first kappa shape index (κ1) is 17.3. The molecule has 0 N–H and O–H groups in total. The SMILES string of the molecule is BC1C2C3C4C5C6C7C8CC9CC%10C%11C%12C%13C%14C%15C%16C(CCC)C1(Cc1ccccc1)C2%16C3%15C4%14C5%13C6%12C7%11C98%10. The maximum atomic E-state index is 2.81. The van der Waals surface area contributed by atoms with Gasteiger partial charge in [0.15, 0.2) is 0 Å².